The third kappa shape index (κ3) is 4.34. The molecule has 0 spiro atoms. The number of carboxylic acid groups (broad SMARTS) is 1. The monoisotopic (exact) mass is 318 g/mol. The van der Waals surface area contributed by atoms with Crippen LogP contribution in [0.5, 0.6) is 0 Å². The summed E-state index contributed by atoms with van der Waals surface area (Å²) in [5, 5.41) is 22.0. The van der Waals surface area contributed by atoms with Gasteiger partial charge in [0.05, 0.1) is 17.4 Å². The fraction of sp³-hybridized carbons (Fsp3) is 0.0714. The molecule has 106 valence electrons. The summed E-state index contributed by atoms with van der Waals surface area (Å²) in [4.78, 5) is 23.5. The van der Waals surface area contributed by atoms with Crippen LogP contribution in [0.2, 0.25) is 0 Å². The minimum absolute atomic E-state index is 0.173. The van der Waals surface area contributed by atoms with Gasteiger partial charge >= 0.3 is 5.97 Å². The number of thiophene rings is 1. The number of carbonyl (C=O) groups is 2. The fourth-order valence-electron chi connectivity index (χ4n) is 1.52. The molecule has 0 bridgehead atoms. The van der Waals surface area contributed by atoms with Gasteiger partial charge in [0, 0.05) is 16.0 Å². The van der Waals surface area contributed by atoms with Gasteiger partial charge in [0.15, 0.2) is 0 Å². The average Bonchev–Trinajstić information content (AvgIpc) is 2.94. The van der Waals surface area contributed by atoms with Crippen LogP contribution in [0.3, 0.4) is 0 Å². The van der Waals surface area contributed by atoms with E-state index in [0.29, 0.717) is 11.3 Å². The molecular formula is C14H10N2O3S2. The molecule has 0 aliphatic rings. The van der Waals surface area contributed by atoms with E-state index < -0.39 is 5.97 Å². The lowest BCUT2D eigenvalue weighted by Crippen LogP contribution is -2.13. The first kappa shape index (κ1) is 15.1. The fourth-order valence-corrected chi connectivity index (χ4v) is 3.19. The standard InChI is InChI=1S/C14H10N2O3S2/c15-6-9-2-1-3-10(4-9)16-13(17)8-20-11-5-12(14(18)19)21-7-11/h1-5,7H,8H2,(H,16,17)(H,18,19). The molecule has 2 N–H and O–H groups in total. The highest BCUT2D eigenvalue weighted by Crippen LogP contribution is 2.25. The summed E-state index contributed by atoms with van der Waals surface area (Å²) >= 11 is 2.40. The van der Waals surface area contributed by atoms with Crippen molar-refractivity contribution >= 4 is 40.7 Å². The molecule has 0 radical (unpaired) electrons. The first-order chi connectivity index (χ1) is 10.1. The van der Waals surface area contributed by atoms with E-state index in [9.17, 15) is 9.59 Å². The number of hydrogen-bond acceptors (Lipinski definition) is 5. The summed E-state index contributed by atoms with van der Waals surface area (Å²) in [5.74, 6) is -1.00. The molecule has 0 saturated heterocycles. The van der Waals surface area contributed by atoms with Crippen LogP contribution in [-0.2, 0) is 4.79 Å². The second-order valence-corrected chi connectivity index (χ2v) is 5.94. The molecule has 0 saturated carbocycles. The normalized spacial score (nSPS) is 9.86. The maximum Gasteiger partial charge on any atom is 0.345 e. The number of anilines is 1. The number of amides is 1. The highest BCUT2D eigenvalue weighted by molar-refractivity contribution is 8.00. The first-order valence-electron chi connectivity index (χ1n) is 5.83. The number of aromatic carboxylic acids is 1. The SMILES string of the molecule is N#Cc1cccc(NC(=O)CSc2csc(C(=O)O)c2)c1. The number of nitriles is 1. The average molecular weight is 318 g/mol. The lowest BCUT2D eigenvalue weighted by Gasteiger charge is -2.04. The number of carbonyl (C=O) groups excluding carboxylic acids is 1. The van der Waals surface area contributed by atoms with E-state index in [2.05, 4.69) is 5.32 Å². The van der Waals surface area contributed by atoms with Crippen LogP contribution in [0.1, 0.15) is 15.2 Å². The molecule has 1 heterocycles. The highest BCUT2D eigenvalue weighted by atomic mass is 32.2. The van der Waals surface area contributed by atoms with Crippen molar-refractivity contribution < 1.29 is 14.7 Å². The van der Waals surface area contributed by atoms with Crippen molar-refractivity contribution in [1.29, 1.82) is 5.26 Å². The number of thioether (sulfide) groups is 1. The Morgan fingerprint density at radius 1 is 1.38 bits per heavy atom. The Morgan fingerprint density at radius 3 is 2.86 bits per heavy atom. The molecule has 21 heavy (non-hydrogen) atoms. The zero-order chi connectivity index (χ0) is 15.2. The number of nitrogens with one attached hydrogen (secondary N) is 1. The summed E-state index contributed by atoms with van der Waals surface area (Å²) in [7, 11) is 0. The van der Waals surface area contributed by atoms with Crippen molar-refractivity contribution in [3.05, 3.63) is 46.2 Å². The van der Waals surface area contributed by atoms with Crippen molar-refractivity contribution in [2.45, 2.75) is 4.90 Å². The third-order valence-corrected chi connectivity index (χ3v) is 4.47. The van der Waals surface area contributed by atoms with Crippen molar-refractivity contribution in [3.63, 3.8) is 0 Å². The predicted molar refractivity (Wildman–Crippen MR) is 81.8 cm³/mol. The summed E-state index contributed by atoms with van der Waals surface area (Å²) in [6.07, 6.45) is 0. The molecule has 5 nitrogen and oxygen atoms in total. The molecule has 0 aliphatic heterocycles. The summed E-state index contributed by atoms with van der Waals surface area (Å²) in [6.45, 7) is 0. The lowest BCUT2D eigenvalue weighted by molar-refractivity contribution is -0.113. The van der Waals surface area contributed by atoms with Crippen LogP contribution >= 0.6 is 23.1 Å². The summed E-state index contributed by atoms with van der Waals surface area (Å²) < 4.78 is 0. The van der Waals surface area contributed by atoms with Crippen LogP contribution in [0.4, 0.5) is 5.69 Å². The first-order valence-corrected chi connectivity index (χ1v) is 7.69. The quantitative estimate of drug-likeness (QED) is 0.827. The molecule has 1 amide bonds. The van der Waals surface area contributed by atoms with Crippen molar-refractivity contribution in [1.82, 2.24) is 0 Å². The molecule has 0 aliphatic carbocycles. The van der Waals surface area contributed by atoms with Crippen LogP contribution in [-0.4, -0.2) is 22.7 Å². The predicted octanol–water partition coefficient (Wildman–Crippen LogP) is 3.05. The van der Waals surface area contributed by atoms with Crippen LogP contribution in [0.25, 0.3) is 0 Å². The largest absolute Gasteiger partial charge is 0.477 e. The zero-order valence-corrected chi connectivity index (χ0v) is 12.3. The number of hydrogen-bond donors (Lipinski definition) is 2. The van der Waals surface area contributed by atoms with Crippen LogP contribution in [0, 0.1) is 11.3 Å². The van der Waals surface area contributed by atoms with Gasteiger partial charge in [-0.3, -0.25) is 4.79 Å². The number of nitrogens with zero attached hydrogens (tertiary/aromatic N) is 1. The van der Waals surface area contributed by atoms with Crippen molar-refractivity contribution in [3.8, 4) is 6.07 Å². The van der Waals surface area contributed by atoms with Gasteiger partial charge in [0.1, 0.15) is 4.88 Å². The number of rotatable bonds is 5. The van der Waals surface area contributed by atoms with E-state index >= 15 is 0 Å². The number of carboxylic acids is 1. The van der Waals surface area contributed by atoms with Crippen LogP contribution in [0.15, 0.2) is 40.6 Å². The Balaban J connectivity index is 1.89. The second kappa shape index (κ2) is 6.92. The van der Waals surface area contributed by atoms with Gasteiger partial charge < -0.3 is 10.4 Å². The van der Waals surface area contributed by atoms with Crippen LogP contribution < -0.4 is 5.32 Å². The van der Waals surface area contributed by atoms with E-state index in [1.165, 1.54) is 11.8 Å². The molecule has 1 aromatic carbocycles. The maximum atomic E-state index is 11.8. The van der Waals surface area contributed by atoms with Crippen molar-refractivity contribution in [2.24, 2.45) is 0 Å². The molecule has 2 aromatic rings. The molecule has 0 atom stereocenters. The van der Waals surface area contributed by atoms with E-state index in [-0.39, 0.29) is 16.5 Å². The van der Waals surface area contributed by atoms with Gasteiger partial charge in [-0.25, -0.2) is 4.79 Å². The lowest BCUT2D eigenvalue weighted by atomic mass is 10.2. The van der Waals surface area contributed by atoms with E-state index in [1.807, 2.05) is 6.07 Å². The maximum absolute atomic E-state index is 11.8. The zero-order valence-electron chi connectivity index (χ0n) is 10.7. The molecule has 7 heteroatoms. The van der Waals surface area contributed by atoms with Crippen molar-refractivity contribution in [2.75, 3.05) is 11.1 Å². The van der Waals surface area contributed by atoms with E-state index in [0.717, 1.165) is 16.2 Å². The highest BCUT2D eigenvalue weighted by Gasteiger charge is 2.09. The topological polar surface area (TPSA) is 90.2 Å². The number of benzene rings is 1. The Morgan fingerprint density at radius 2 is 2.19 bits per heavy atom. The minimum Gasteiger partial charge on any atom is -0.477 e. The Labute approximate surface area is 129 Å². The van der Waals surface area contributed by atoms with E-state index in [1.54, 1.807) is 35.7 Å². The molecular weight excluding hydrogens is 308 g/mol. The molecule has 1 aromatic heterocycles. The van der Waals surface area contributed by atoms with Gasteiger partial charge in [-0.05, 0) is 24.3 Å². The molecule has 0 unspecified atom stereocenters. The van der Waals surface area contributed by atoms with Gasteiger partial charge in [-0.1, -0.05) is 6.07 Å². The van der Waals surface area contributed by atoms with Gasteiger partial charge in [0.25, 0.3) is 0 Å². The molecule has 0 fully saturated rings. The van der Waals surface area contributed by atoms with Gasteiger partial charge in [-0.2, -0.15) is 5.26 Å². The summed E-state index contributed by atoms with van der Waals surface area (Å²) in [5.41, 5.74) is 1.04. The minimum atomic E-state index is -0.968. The van der Waals surface area contributed by atoms with Gasteiger partial charge in [-0.15, -0.1) is 23.1 Å². The smallest absolute Gasteiger partial charge is 0.345 e. The third-order valence-electron chi connectivity index (χ3n) is 2.43. The Bertz CT molecular complexity index is 719. The van der Waals surface area contributed by atoms with Gasteiger partial charge in [0.2, 0.25) is 5.91 Å². The summed E-state index contributed by atoms with van der Waals surface area (Å²) in [6, 6.07) is 10.2. The van der Waals surface area contributed by atoms with E-state index in [4.69, 9.17) is 10.4 Å². The Kier molecular flexibility index (Phi) is 4.98. The molecule has 2 rings (SSSR count). The second-order valence-electron chi connectivity index (χ2n) is 3.98. The Hall–Kier alpha value is -2.30.